The topological polar surface area (TPSA) is 12.0 Å². The molecule has 1 atom stereocenters. The van der Waals surface area contributed by atoms with Crippen LogP contribution in [0.25, 0.3) is 0 Å². The first-order valence-electron chi connectivity index (χ1n) is 5.62. The van der Waals surface area contributed by atoms with Crippen LogP contribution in [0.1, 0.15) is 24.5 Å². The van der Waals surface area contributed by atoms with E-state index in [1.54, 1.807) is 0 Å². The average molecular weight is 258 g/mol. The fourth-order valence-electron chi connectivity index (χ4n) is 1.40. The molecule has 0 spiro atoms. The van der Waals surface area contributed by atoms with Crippen molar-refractivity contribution in [2.24, 2.45) is 0 Å². The minimum absolute atomic E-state index is 0.731. The van der Waals surface area contributed by atoms with Gasteiger partial charge in [0.25, 0.3) is 0 Å². The highest BCUT2D eigenvalue weighted by molar-refractivity contribution is 7.99. The Morgan fingerprint density at radius 3 is 2.81 bits per heavy atom. The smallest absolute Gasteiger partial charge is 0.0438 e. The van der Waals surface area contributed by atoms with E-state index in [0.717, 1.165) is 28.9 Å². The lowest BCUT2D eigenvalue weighted by Gasteiger charge is -2.09. The molecule has 0 aliphatic rings. The molecule has 0 saturated heterocycles. The summed E-state index contributed by atoms with van der Waals surface area (Å²) in [6.07, 6.45) is 3.37. The molecule has 0 heterocycles. The van der Waals surface area contributed by atoms with Crippen LogP contribution in [0, 0.1) is 6.92 Å². The van der Waals surface area contributed by atoms with Gasteiger partial charge >= 0.3 is 0 Å². The number of nitrogens with one attached hydrogen (secondary N) is 1. The van der Waals surface area contributed by atoms with Crippen molar-refractivity contribution in [1.82, 2.24) is 5.32 Å². The van der Waals surface area contributed by atoms with Crippen molar-refractivity contribution in [1.29, 1.82) is 0 Å². The summed E-state index contributed by atoms with van der Waals surface area (Å²) in [5.41, 5.74) is 2.40. The number of rotatable bonds is 6. The highest BCUT2D eigenvalue weighted by Crippen LogP contribution is 2.16. The molecular weight excluding hydrogens is 238 g/mol. The minimum atomic E-state index is 0.731. The molecule has 0 radical (unpaired) electrons. The van der Waals surface area contributed by atoms with Gasteiger partial charge in [0.1, 0.15) is 0 Å². The maximum Gasteiger partial charge on any atom is 0.0438 e. The Morgan fingerprint density at radius 1 is 1.44 bits per heavy atom. The molecule has 1 N–H and O–H groups in total. The van der Waals surface area contributed by atoms with E-state index in [-0.39, 0.29) is 0 Å². The van der Waals surface area contributed by atoms with E-state index in [2.05, 4.69) is 30.6 Å². The van der Waals surface area contributed by atoms with Crippen LogP contribution in [0.3, 0.4) is 0 Å². The first-order chi connectivity index (χ1) is 7.63. The van der Waals surface area contributed by atoms with Crippen molar-refractivity contribution in [3.8, 4) is 0 Å². The average Bonchev–Trinajstić information content (AvgIpc) is 2.28. The van der Waals surface area contributed by atoms with Crippen LogP contribution in [0.2, 0.25) is 5.02 Å². The summed E-state index contributed by atoms with van der Waals surface area (Å²) in [5.74, 6) is 0. The van der Waals surface area contributed by atoms with Gasteiger partial charge in [-0.3, -0.25) is 0 Å². The van der Waals surface area contributed by atoms with Gasteiger partial charge in [-0.25, -0.2) is 0 Å². The summed E-state index contributed by atoms with van der Waals surface area (Å²) < 4.78 is 0. The van der Waals surface area contributed by atoms with Gasteiger partial charge in [-0.05, 0) is 43.3 Å². The summed E-state index contributed by atoms with van der Waals surface area (Å²) in [6, 6.07) is 6.25. The maximum absolute atomic E-state index is 6.07. The maximum atomic E-state index is 6.07. The van der Waals surface area contributed by atoms with Gasteiger partial charge in [0, 0.05) is 16.8 Å². The zero-order chi connectivity index (χ0) is 12.0. The van der Waals surface area contributed by atoms with E-state index in [1.165, 1.54) is 12.0 Å². The summed E-state index contributed by atoms with van der Waals surface area (Å²) in [5, 5.41) is 5.03. The molecule has 1 aromatic rings. The fourth-order valence-corrected chi connectivity index (χ4v) is 1.96. The van der Waals surface area contributed by atoms with E-state index in [4.69, 9.17) is 11.6 Å². The Morgan fingerprint density at radius 2 is 2.19 bits per heavy atom. The third-order valence-corrected chi connectivity index (χ3v) is 4.14. The van der Waals surface area contributed by atoms with Gasteiger partial charge in [0.2, 0.25) is 0 Å². The van der Waals surface area contributed by atoms with Crippen LogP contribution in [0.4, 0.5) is 0 Å². The number of hydrogen-bond acceptors (Lipinski definition) is 2. The second kappa shape index (κ2) is 7.21. The highest BCUT2D eigenvalue weighted by Gasteiger charge is 2.00. The monoisotopic (exact) mass is 257 g/mol. The van der Waals surface area contributed by atoms with Crippen molar-refractivity contribution in [2.45, 2.75) is 32.1 Å². The lowest BCUT2D eigenvalue weighted by atomic mass is 10.1. The molecule has 0 amide bonds. The van der Waals surface area contributed by atoms with Gasteiger partial charge in [-0.1, -0.05) is 30.7 Å². The number of benzene rings is 1. The quantitative estimate of drug-likeness (QED) is 0.777. The Labute approximate surface area is 108 Å². The third kappa shape index (κ3) is 4.77. The van der Waals surface area contributed by atoms with Crippen LogP contribution in [-0.2, 0) is 6.54 Å². The van der Waals surface area contributed by atoms with E-state index in [1.807, 2.05) is 24.8 Å². The van der Waals surface area contributed by atoms with Crippen molar-refractivity contribution >= 4 is 23.4 Å². The van der Waals surface area contributed by atoms with Gasteiger partial charge < -0.3 is 5.32 Å². The number of halogens is 1. The molecule has 90 valence electrons. The van der Waals surface area contributed by atoms with E-state index < -0.39 is 0 Å². The molecule has 0 aliphatic carbocycles. The Kier molecular flexibility index (Phi) is 6.25. The second-order valence-corrected chi connectivity index (χ2v) is 5.78. The molecule has 0 aromatic heterocycles. The van der Waals surface area contributed by atoms with Crippen LogP contribution >= 0.6 is 23.4 Å². The molecule has 16 heavy (non-hydrogen) atoms. The molecule has 0 fully saturated rings. The SMILES string of the molecule is CSC(C)CCNCc1ccc(C)c(Cl)c1. The Hall–Kier alpha value is -0.180. The standard InChI is InChI=1S/C13H20ClNS/c1-10-4-5-12(8-13(10)14)9-15-7-6-11(2)16-3/h4-5,8,11,15H,6-7,9H2,1-3H3. The van der Waals surface area contributed by atoms with Gasteiger partial charge in [0.15, 0.2) is 0 Å². The summed E-state index contributed by atoms with van der Waals surface area (Å²) in [6.45, 7) is 6.25. The van der Waals surface area contributed by atoms with Crippen LogP contribution in [0.15, 0.2) is 18.2 Å². The number of aryl methyl sites for hydroxylation is 1. The normalized spacial score (nSPS) is 12.8. The zero-order valence-corrected chi connectivity index (χ0v) is 11.8. The summed E-state index contributed by atoms with van der Waals surface area (Å²) in [7, 11) is 0. The van der Waals surface area contributed by atoms with Gasteiger partial charge in [-0.2, -0.15) is 11.8 Å². The van der Waals surface area contributed by atoms with E-state index in [0.29, 0.717) is 0 Å². The van der Waals surface area contributed by atoms with Crippen molar-refractivity contribution < 1.29 is 0 Å². The van der Waals surface area contributed by atoms with Gasteiger partial charge in [0.05, 0.1) is 0 Å². The first kappa shape index (κ1) is 13.9. The summed E-state index contributed by atoms with van der Waals surface area (Å²) >= 11 is 7.98. The minimum Gasteiger partial charge on any atom is -0.313 e. The van der Waals surface area contributed by atoms with Crippen molar-refractivity contribution in [3.05, 3.63) is 34.3 Å². The molecule has 1 rings (SSSR count). The van der Waals surface area contributed by atoms with E-state index in [9.17, 15) is 0 Å². The molecule has 1 nitrogen and oxygen atoms in total. The summed E-state index contributed by atoms with van der Waals surface area (Å²) in [4.78, 5) is 0. The molecule has 0 bridgehead atoms. The molecule has 1 aromatic carbocycles. The number of hydrogen-bond donors (Lipinski definition) is 1. The predicted molar refractivity (Wildman–Crippen MR) is 75.5 cm³/mol. The van der Waals surface area contributed by atoms with E-state index >= 15 is 0 Å². The Bertz CT molecular complexity index is 328. The fraction of sp³-hybridized carbons (Fsp3) is 0.538. The van der Waals surface area contributed by atoms with Crippen LogP contribution in [-0.4, -0.2) is 18.1 Å². The lowest BCUT2D eigenvalue weighted by Crippen LogP contribution is -2.17. The largest absolute Gasteiger partial charge is 0.313 e. The van der Waals surface area contributed by atoms with Gasteiger partial charge in [-0.15, -0.1) is 0 Å². The first-order valence-corrected chi connectivity index (χ1v) is 7.28. The van der Waals surface area contributed by atoms with Crippen molar-refractivity contribution in [3.63, 3.8) is 0 Å². The zero-order valence-electron chi connectivity index (χ0n) is 10.2. The second-order valence-electron chi connectivity index (χ2n) is 4.10. The number of thioether (sulfide) groups is 1. The molecule has 0 saturated carbocycles. The predicted octanol–water partition coefficient (Wildman–Crippen LogP) is 3.88. The molecule has 1 unspecified atom stereocenters. The van der Waals surface area contributed by atoms with Crippen LogP contribution < -0.4 is 5.32 Å². The lowest BCUT2D eigenvalue weighted by molar-refractivity contribution is 0.648. The molecule has 0 aliphatic heterocycles. The van der Waals surface area contributed by atoms with Crippen LogP contribution in [0.5, 0.6) is 0 Å². The van der Waals surface area contributed by atoms with Crippen molar-refractivity contribution in [2.75, 3.05) is 12.8 Å². The third-order valence-electron chi connectivity index (χ3n) is 2.70. The Balaban J connectivity index is 2.29. The molecular formula is C13H20ClNS. The highest BCUT2D eigenvalue weighted by atomic mass is 35.5. The molecule has 3 heteroatoms.